The average molecular weight is 816 g/mol. The van der Waals surface area contributed by atoms with Crippen LogP contribution in [0.15, 0.2) is 36.5 Å². The number of allylic oxidation sites excluding steroid dienone is 6. The number of aliphatic hydroxyl groups is 2. The summed E-state index contributed by atoms with van der Waals surface area (Å²) in [6.45, 7) is 6.43. The van der Waals surface area contributed by atoms with Crippen LogP contribution in [0.3, 0.4) is 0 Å². The maximum atomic E-state index is 13.2. The minimum absolute atomic E-state index is 0.0433. The number of carbonyl (C=O) groups is 2. The predicted molar refractivity (Wildman–Crippen MR) is 250 cm³/mol. The zero-order chi connectivity index (χ0) is 42.4. The number of rotatable bonds is 45. The number of ether oxygens (including phenoxy) is 1. The molecule has 58 heavy (non-hydrogen) atoms. The highest BCUT2D eigenvalue weighted by molar-refractivity contribution is 5.77. The van der Waals surface area contributed by atoms with Crippen LogP contribution in [0.2, 0.25) is 0 Å². The van der Waals surface area contributed by atoms with Crippen LogP contribution in [0, 0.1) is 0 Å². The van der Waals surface area contributed by atoms with Crippen molar-refractivity contribution in [3.63, 3.8) is 0 Å². The third-order valence-corrected chi connectivity index (χ3v) is 11.5. The lowest BCUT2D eigenvalue weighted by Crippen LogP contribution is -2.46. The average Bonchev–Trinajstić information content (AvgIpc) is 3.22. The van der Waals surface area contributed by atoms with Gasteiger partial charge in [0.05, 0.1) is 25.2 Å². The van der Waals surface area contributed by atoms with E-state index in [4.69, 9.17) is 4.74 Å². The fourth-order valence-electron chi connectivity index (χ4n) is 7.58. The van der Waals surface area contributed by atoms with E-state index in [9.17, 15) is 19.8 Å². The van der Waals surface area contributed by atoms with Gasteiger partial charge in [-0.2, -0.15) is 0 Å². The summed E-state index contributed by atoms with van der Waals surface area (Å²) in [5.74, 6) is -0.526. The molecule has 0 aliphatic rings. The Bertz CT molecular complexity index is 961. The van der Waals surface area contributed by atoms with Crippen LogP contribution in [0.1, 0.15) is 258 Å². The number of unbranched alkanes of at least 4 members (excludes halogenated alkanes) is 28. The number of amides is 1. The summed E-state index contributed by atoms with van der Waals surface area (Å²) in [6.07, 6.45) is 53.5. The van der Waals surface area contributed by atoms with Crippen molar-refractivity contribution in [2.24, 2.45) is 0 Å². The molecule has 0 heterocycles. The zero-order valence-electron chi connectivity index (χ0n) is 38.7. The van der Waals surface area contributed by atoms with Gasteiger partial charge in [0.15, 0.2) is 0 Å². The molecule has 1 amide bonds. The molecule has 3 N–H and O–H groups in total. The van der Waals surface area contributed by atoms with Gasteiger partial charge >= 0.3 is 5.97 Å². The largest absolute Gasteiger partial charge is 0.462 e. The van der Waals surface area contributed by atoms with Crippen molar-refractivity contribution in [1.82, 2.24) is 5.32 Å². The van der Waals surface area contributed by atoms with Gasteiger partial charge in [-0.1, -0.05) is 218 Å². The Morgan fingerprint density at radius 2 is 0.914 bits per heavy atom. The maximum absolute atomic E-state index is 13.2. The molecule has 0 radical (unpaired) electrons. The smallest absolute Gasteiger partial charge is 0.306 e. The van der Waals surface area contributed by atoms with Crippen LogP contribution >= 0.6 is 0 Å². The van der Waals surface area contributed by atoms with Crippen LogP contribution in [0.5, 0.6) is 0 Å². The first-order chi connectivity index (χ1) is 28.5. The van der Waals surface area contributed by atoms with Gasteiger partial charge < -0.3 is 20.3 Å². The Balaban J connectivity index is 4.62. The van der Waals surface area contributed by atoms with Crippen molar-refractivity contribution in [3.8, 4) is 0 Å². The molecule has 0 rings (SSSR count). The number of esters is 1. The molecule has 0 saturated carbocycles. The van der Waals surface area contributed by atoms with E-state index in [-0.39, 0.29) is 24.9 Å². The predicted octanol–water partition coefficient (Wildman–Crippen LogP) is 14.9. The number of aliphatic hydroxyl groups excluding tert-OH is 2. The Kier molecular flexibility index (Phi) is 44.6. The molecular formula is C52H97NO5. The Hall–Kier alpha value is -1.92. The number of hydrogen-bond acceptors (Lipinski definition) is 5. The van der Waals surface area contributed by atoms with E-state index in [0.29, 0.717) is 19.3 Å². The summed E-state index contributed by atoms with van der Waals surface area (Å²) < 4.78 is 5.89. The standard InChI is InChI=1S/C52H97NO5/c1-4-7-10-13-16-19-22-24-26-29-31-34-37-40-43-48(58-52(57)45-42-39-36-33-28-21-18-15-12-9-6-3)46-51(56)53-49(47-54)50(55)44-41-38-35-32-30-27-25-23-20-17-14-11-8-5-2/h15,18,26,29,31,34,48-50,54-55H,4-14,16-17,19-25,27-28,30,32-33,35-47H2,1-3H3,(H,53,56)/b18-15-,29-26+,34-31+. The second-order valence-electron chi connectivity index (χ2n) is 17.2. The van der Waals surface area contributed by atoms with Crippen molar-refractivity contribution in [1.29, 1.82) is 0 Å². The monoisotopic (exact) mass is 816 g/mol. The number of hydrogen-bond donors (Lipinski definition) is 3. The minimum atomic E-state index is -0.798. The number of nitrogens with one attached hydrogen (secondary N) is 1. The van der Waals surface area contributed by atoms with Crippen LogP contribution in [-0.4, -0.2) is 46.9 Å². The first-order valence-electron chi connectivity index (χ1n) is 25.2. The first-order valence-corrected chi connectivity index (χ1v) is 25.2. The second-order valence-corrected chi connectivity index (χ2v) is 17.2. The molecule has 340 valence electrons. The van der Waals surface area contributed by atoms with Crippen molar-refractivity contribution in [2.45, 2.75) is 277 Å². The molecule has 0 fully saturated rings. The van der Waals surface area contributed by atoms with Crippen molar-refractivity contribution >= 4 is 11.9 Å². The van der Waals surface area contributed by atoms with Crippen LogP contribution < -0.4 is 5.32 Å². The van der Waals surface area contributed by atoms with Gasteiger partial charge in [0, 0.05) is 6.42 Å². The fourth-order valence-corrected chi connectivity index (χ4v) is 7.58. The molecule has 0 aromatic rings. The van der Waals surface area contributed by atoms with E-state index in [1.165, 1.54) is 148 Å². The van der Waals surface area contributed by atoms with E-state index in [2.05, 4.69) is 62.5 Å². The second kappa shape index (κ2) is 46.2. The Morgan fingerprint density at radius 3 is 1.41 bits per heavy atom. The van der Waals surface area contributed by atoms with Gasteiger partial charge in [0.2, 0.25) is 5.91 Å². The molecule has 6 heteroatoms. The molecule has 0 aliphatic heterocycles. The third kappa shape index (κ3) is 40.8. The van der Waals surface area contributed by atoms with Gasteiger partial charge in [0.25, 0.3) is 0 Å². The molecule has 0 spiro atoms. The zero-order valence-corrected chi connectivity index (χ0v) is 38.7. The van der Waals surface area contributed by atoms with Crippen molar-refractivity contribution in [2.75, 3.05) is 6.61 Å². The summed E-state index contributed by atoms with van der Waals surface area (Å²) in [6, 6.07) is -0.714. The van der Waals surface area contributed by atoms with Crippen molar-refractivity contribution in [3.05, 3.63) is 36.5 Å². The van der Waals surface area contributed by atoms with Gasteiger partial charge in [-0.15, -0.1) is 0 Å². The van der Waals surface area contributed by atoms with Crippen molar-refractivity contribution < 1.29 is 24.5 Å². The molecule has 0 aliphatic carbocycles. The Labute approximate surface area is 360 Å². The highest BCUT2D eigenvalue weighted by Crippen LogP contribution is 2.17. The van der Waals surface area contributed by atoms with Gasteiger partial charge in [-0.05, 0) is 64.2 Å². The summed E-state index contributed by atoms with van der Waals surface area (Å²) in [5.41, 5.74) is 0. The van der Waals surface area contributed by atoms with Crippen LogP contribution in [0.25, 0.3) is 0 Å². The van der Waals surface area contributed by atoms with Crippen LogP contribution in [0.4, 0.5) is 0 Å². The molecule has 3 unspecified atom stereocenters. The third-order valence-electron chi connectivity index (χ3n) is 11.5. The number of carbonyl (C=O) groups excluding carboxylic acids is 2. The summed E-state index contributed by atoms with van der Waals surface area (Å²) >= 11 is 0. The minimum Gasteiger partial charge on any atom is -0.462 e. The molecule has 0 bridgehead atoms. The molecule has 3 atom stereocenters. The maximum Gasteiger partial charge on any atom is 0.306 e. The highest BCUT2D eigenvalue weighted by atomic mass is 16.5. The summed E-state index contributed by atoms with van der Waals surface area (Å²) in [4.78, 5) is 26.0. The summed E-state index contributed by atoms with van der Waals surface area (Å²) in [5, 5.41) is 23.7. The van der Waals surface area contributed by atoms with E-state index < -0.39 is 18.2 Å². The van der Waals surface area contributed by atoms with Gasteiger partial charge in [-0.25, -0.2) is 0 Å². The SMILES string of the molecule is CCCC/C=C\CCCCCCCC(=O)OC(CCC/C=C/C=C/CCCCCCCCC)CC(=O)NC(CO)C(O)CCCCCCCCCCCCCCCC. The summed E-state index contributed by atoms with van der Waals surface area (Å²) in [7, 11) is 0. The quantitative estimate of drug-likeness (QED) is 0.0246. The molecule has 0 aromatic heterocycles. The molecule has 0 saturated heterocycles. The molecule has 0 aromatic carbocycles. The lowest BCUT2D eigenvalue weighted by molar-refractivity contribution is -0.151. The van der Waals surface area contributed by atoms with E-state index in [1.54, 1.807) is 0 Å². The van der Waals surface area contributed by atoms with E-state index >= 15 is 0 Å². The van der Waals surface area contributed by atoms with E-state index in [0.717, 1.165) is 64.2 Å². The Morgan fingerprint density at radius 1 is 0.500 bits per heavy atom. The molecule has 6 nitrogen and oxygen atoms in total. The highest BCUT2D eigenvalue weighted by Gasteiger charge is 2.24. The van der Waals surface area contributed by atoms with Crippen LogP contribution in [-0.2, 0) is 14.3 Å². The fraction of sp³-hybridized carbons (Fsp3) is 0.846. The van der Waals surface area contributed by atoms with Gasteiger partial charge in [-0.3, -0.25) is 9.59 Å². The van der Waals surface area contributed by atoms with Gasteiger partial charge in [0.1, 0.15) is 6.10 Å². The molecular weight excluding hydrogens is 719 g/mol. The lowest BCUT2D eigenvalue weighted by atomic mass is 10.0. The first kappa shape index (κ1) is 56.1. The topological polar surface area (TPSA) is 95.9 Å². The normalized spacial score (nSPS) is 13.5. The lowest BCUT2D eigenvalue weighted by Gasteiger charge is -2.24. The van der Waals surface area contributed by atoms with E-state index in [1.807, 2.05) is 0 Å².